The highest BCUT2D eigenvalue weighted by atomic mass is 14.9. The van der Waals surface area contributed by atoms with E-state index in [-0.39, 0.29) is 0 Å². The number of hydrogen-bond acceptors (Lipinski definition) is 2. The van der Waals surface area contributed by atoms with Gasteiger partial charge in [0.05, 0.1) is 0 Å². The summed E-state index contributed by atoms with van der Waals surface area (Å²) in [5.41, 5.74) is 9.51. The Labute approximate surface area is 49.2 Å². The van der Waals surface area contributed by atoms with Crippen LogP contribution in [0.2, 0.25) is 0 Å². The van der Waals surface area contributed by atoms with E-state index in [1.54, 1.807) is 6.92 Å². The van der Waals surface area contributed by atoms with Crippen molar-refractivity contribution in [3.05, 3.63) is 0 Å². The number of hydrogen-bond donors (Lipinski definition) is 2. The first-order chi connectivity index (χ1) is 3.56. The maximum absolute atomic E-state index is 5.23. The Morgan fingerprint density at radius 1 is 1.50 bits per heavy atom. The molecule has 0 spiro atoms. The van der Waals surface area contributed by atoms with E-state index in [2.05, 4.69) is 17.8 Å². The molecule has 0 radical (unpaired) electrons. The van der Waals surface area contributed by atoms with Crippen molar-refractivity contribution in [2.45, 2.75) is 12.6 Å². The third-order valence-electron chi connectivity index (χ3n) is 0.404. The Morgan fingerprint density at radius 3 is 2.12 bits per heavy atom. The zero-order valence-corrected chi connectivity index (χ0v) is 4.73. The van der Waals surface area contributed by atoms with Gasteiger partial charge in [-0.25, -0.2) is 0 Å². The number of terminal acetylenes is 1. The lowest BCUT2D eigenvalue weighted by molar-refractivity contribution is 0.642. The minimum atomic E-state index is -0.952. The lowest BCUT2D eigenvalue weighted by Crippen LogP contribution is -2.44. The predicted octanol–water partition coefficient (Wildman–Crippen LogP) is -0.743. The van der Waals surface area contributed by atoms with Gasteiger partial charge in [-0.1, -0.05) is 5.92 Å². The lowest BCUT2D eigenvalue weighted by Gasteiger charge is -2.06. The van der Waals surface area contributed by atoms with Crippen LogP contribution < -0.4 is 11.5 Å². The molecule has 42 valence electrons. The van der Waals surface area contributed by atoms with Crippen LogP contribution in [-0.4, -0.2) is 5.66 Å². The van der Waals surface area contributed by atoms with Gasteiger partial charge in [-0.2, -0.15) is 0 Å². The van der Waals surface area contributed by atoms with Gasteiger partial charge in [0.25, 0.3) is 0 Å². The molecular formula is C6H8N2. The maximum Gasteiger partial charge on any atom is 0.125 e. The van der Waals surface area contributed by atoms with E-state index in [0.717, 1.165) is 0 Å². The monoisotopic (exact) mass is 108 g/mol. The molecule has 0 fully saturated rings. The van der Waals surface area contributed by atoms with Gasteiger partial charge < -0.3 is 11.5 Å². The molecule has 0 atom stereocenters. The average Bonchev–Trinajstić information content (AvgIpc) is 1.59. The van der Waals surface area contributed by atoms with Gasteiger partial charge in [-0.3, -0.25) is 0 Å². The van der Waals surface area contributed by atoms with Gasteiger partial charge >= 0.3 is 0 Å². The zero-order chi connectivity index (χ0) is 6.62. The Hall–Kier alpha value is -0.960. The van der Waals surface area contributed by atoms with Crippen molar-refractivity contribution < 1.29 is 0 Å². The summed E-state index contributed by atoms with van der Waals surface area (Å²) in [5, 5.41) is 0. The largest absolute Gasteiger partial charge is 0.303 e. The highest BCUT2D eigenvalue weighted by Gasteiger charge is 2.02. The topological polar surface area (TPSA) is 52.0 Å². The van der Waals surface area contributed by atoms with Crippen molar-refractivity contribution in [3.8, 4) is 24.2 Å². The van der Waals surface area contributed by atoms with Gasteiger partial charge in [0.1, 0.15) is 5.66 Å². The van der Waals surface area contributed by atoms with Gasteiger partial charge in [-0.05, 0) is 18.8 Å². The first-order valence-electron chi connectivity index (χ1n) is 2.12. The Bertz CT molecular complexity index is 158. The van der Waals surface area contributed by atoms with E-state index >= 15 is 0 Å². The van der Waals surface area contributed by atoms with Gasteiger partial charge in [0, 0.05) is 0 Å². The molecule has 0 aromatic heterocycles. The van der Waals surface area contributed by atoms with Crippen LogP contribution in [-0.2, 0) is 0 Å². The summed E-state index contributed by atoms with van der Waals surface area (Å²) >= 11 is 0. The van der Waals surface area contributed by atoms with Crippen LogP contribution in [0.15, 0.2) is 0 Å². The summed E-state index contributed by atoms with van der Waals surface area (Å²) in [7, 11) is 0. The van der Waals surface area contributed by atoms with Gasteiger partial charge in [0.15, 0.2) is 0 Å². The number of nitrogens with two attached hydrogens (primary N) is 2. The van der Waals surface area contributed by atoms with E-state index in [1.165, 1.54) is 0 Å². The van der Waals surface area contributed by atoms with Crippen LogP contribution in [0.3, 0.4) is 0 Å². The van der Waals surface area contributed by atoms with Crippen LogP contribution in [0, 0.1) is 24.2 Å². The molecule has 0 aliphatic rings. The third-order valence-corrected chi connectivity index (χ3v) is 0.404. The summed E-state index contributed by atoms with van der Waals surface area (Å²) < 4.78 is 0. The molecule has 8 heavy (non-hydrogen) atoms. The second-order valence-corrected chi connectivity index (χ2v) is 1.68. The van der Waals surface area contributed by atoms with Gasteiger partial charge in [-0.15, -0.1) is 6.42 Å². The van der Waals surface area contributed by atoms with Crippen molar-refractivity contribution in [2.24, 2.45) is 11.5 Å². The summed E-state index contributed by atoms with van der Waals surface area (Å²) in [6, 6.07) is 0. The first-order valence-corrected chi connectivity index (χ1v) is 2.12. The van der Waals surface area contributed by atoms with Crippen molar-refractivity contribution >= 4 is 0 Å². The SMILES string of the molecule is C#CC#CC(C)(N)N. The fourth-order valence-electron chi connectivity index (χ4n) is 0.171. The van der Waals surface area contributed by atoms with Crippen molar-refractivity contribution in [1.82, 2.24) is 0 Å². The summed E-state index contributed by atoms with van der Waals surface area (Å²) in [6.07, 6.45) is 4.80. The van der Waals surface area contributed by atoms with E-state index < -0.39 is 5.66 Å². The Balaban J connectivity index is 3.93. The van der Waals surface area contributed by atoms with Gasteiger partial charge in [0.2, 0.25) is 0 Å². The molecule has 0 aliphatic carbocycles. The maximum atomic E-state index is 5.23. The fourth-order valence-corrected chi connectivity index (χ4v) is 0.171. The van der Waals surface area contributed by atoms with E-state index in [0.29, 0.717) is 0 Å². The molecule has 0 amide bonds. The van der Waals surface area contributed by atoms with Crippen LogP contribution >= 0.6 is 0 Å². The van der Waals surface area contributed by atoms with E-state index in [9.17, 15) is 0 Å². The zero-order valence-electron chi connectivity index (χ0n) is 4.73. The summed E-state index contributed by atoms with van der Waals surface area (Å²) in [5.74, 6) is 6.86. The molecule has 0 heterocycles. The van der Waals surface area contributed by atoms with E-state index in [1.807, 2.05) is 0 Å². The normalized spacial score (nSPS) is 8.75. The third kappa shape index (κ3) is 5.04. The molecule has 0 bridgehead atoms. The molecule has 0 aromatic rings. The van der Waals surface area contributed by atoms with Crippen molar-refractivity contribution in [1.29, 1.82) is 0 Å². The highest BCUT2D eigenvalue weighted by Crippen LogP contribution is 1.79. The molecule has 2 nitrogen and oxygen atoms in total. The first kappa shape index (κ1) is 7.04. The minimum Gasteiger partial charge on any atom is -0.303 e. The van der Waals surface area contributed by atoms with Crippen molar-refractivity contribution in [2.75, 3.05) is 0 Å². The predicted molar refractivity (Wildman–Crippen MR) is 33.4 cm³/mol. The van der Waals surface area contributed by atoms with Crippen LogP contribution in [0.5, 0.6) is 0 Å². The fraction of sp³-hybridized carbons (Fsp3) is 0.333. The minimum absolute atomic E-state index is 0.952. The molecule has 0 saturated heterocycles. The van der Waals surface area contributed by atoms with E-state index in [4.69, 9.17) is 17.9 Å². The molecule has 0 unspecified atom stereocenters. The average molecular weight is 108 g/mol. The quantitative estimate of drug-likeness (QED) is 0.317. The molecule has 0 rings (SSSR count). The Kier molecular flexibility index (Phi) is 2.09. The molecule has 4 N–H and O–H groups in total. The standard InChI is InChI=1S/C6H8N2/c1-3-4-5-6(2,7)8/h1H,7-8H2,2H3. The molecule has 0 saturated carbocycles. The lowest BCUT2D eigenvalue weighted by atomic mass is 10.2. The molecule has 0 aliphatic heterocycles. The van der Waals surface area contributed by atoms with Crippen LogP contribution in [0.4, 0.5) is 0 Å². The smallest absolute Gasteiger partial charge is 0.125 e. The van der Waals surface area contributed by atoms with Crippen LogP contribution in [0.1, 0.15) is 6.92 Å². The van der Waals surface area contributed by atoms with Crippen molar-refractivity contribution in [3.63, 3.8) is 0 Å². The second-order valence-electron chi connectivity index (χ2n) is 1.68. The summed E-state index contributed by atoms with van der Waals surface area (Å²) in [6.45, 7) is 1.58. The molecular weight excluding hydrogens is 100 g/mol. The number of rotatable bonds is 0. The molecule has 2 heteroatoms. The summed E-state index contributed by atoms with van der Waals surface area (Å²) in [4.78, 5) is 0. The second kappa shape index (κ2) is 2.37. The molecule has 0 aromatic carbocycles. The van der Waals surface area contributed by atoms with Crippen LogP contribution in [0.25, 0.3) is 0 Å². The Morgan fingerprint density at radius 2 is 2.00 bits per heavy atom. The highest BCUT2D eigenvalue weighted by molar-refractivity contribution is 5.26.